The summed E-state index contributed by atoms with van der Waals surface area (Å²) in [6.07, 6.45) is 0. The third kappa shape index (κ3) is 5.89. The minimum atomic E-state index is -0.230. The lowest BCUT2D eigenvalue weighted by molar-refractivity contribution is 0.144. The molecule has 94 valence electrons. The SMILES string of the molecule is Cc1cccc(NC(=O)NCCOCCN)c1. The normalized spacial score (nSPS) is 10.0. The van der Waals surface area contributed by atoms with Crippen molar-refractivity contribution in [2.45, 2.75) is 6.92 Å². The molecule has 5 heteroatoms. The number of benzene rings is 1. The molecule has 5 nitrogen and oxygen atoms in total. The highest BCUT2D eigenvalue weighted by Gasteiger charge is 2.00. The van der Waals surface area contributed by atoms with Gasteiger partial charge in [-0.05, 0) is 24.6 Å². The molecule has 0 fully saturated rings. The fourth-order valence-electron chi connectivity index (χ4n) is 1.32. The van der Waals surface area contributed by atoms with Crippen molar-refractivity contribution in [2.24, 2.45) is 5.73 Å². The smallest absolute Gasteiger partial charge is 0.319 e. The highest BCUT2D eigenvalue weighted by atomic mass is 16.5. The molecular weight excluding hydrogens is 218 g/mol. The molecule has 0 aliphatic heterocycles. The summed E-state index contributed by atoms with van der Waals surface area (Å²) in [5.74, 6) is 0. The molecule has 1 rings (SSSR count). The maximum absolute atomic E-state index is 11.5. The number of urea groups is 1. The number of aryl methyl sites for hydroxylation is 1. The van der Waals surface area contributed by atoms with Gasteiger partial charge in [-0.15, -0.1) is 0 Å². The van der Waals surface area contributed by atoms with Crippen LogP contribution in [-0.4, -0.2) is 32.3 Å². The van der Waals surface area contributed by atoms with E-state index in [1.165, 1.54) is 0 Å². The molecule has 0 bridgehead atoms. The third-order valence-corrected chi connectivity index (χ3v) is 2.07. The van der Waals surface area contributed by atoms with Crippen LogP contribution >= 0.6 is 0 Å². The number of amides is 2. The van der Waals surface area contributed by atoms with Gasteiger partial charge in [-0.3, -0.25) is 0 Å². The number of carbonyl (C=O) groups is 1. The monoisotopic (exact) mass is 237 g/mol. The van der Waals surface area contributed by atoms with Crippen LogP contribution in [0.1, 0.15) is 5.56 Å². The van der Waals surface area contributed by atoms with Crippen LogP contribution in [0.4, 0.5) is 10.5 Å². The summed E-state index contributed by atoms with van der Waals surface area (Å²) in [5.41, 5.74) is 7.15. The predicted octanol–water partition coefficient (Wildman–Crippen LogP) is 1.09. The Bertz CT molecular complexity index is 355. The molecule has 0 atom stereocenters. The Kier molecular flexibility index (Phi) is 6.06. The van der Waals surface area contributed by atoms with Crippen LogP contribution in [0.3, 0.4) is 0 Å². The minimum absolute atomic E-state index is 0.230. The summed E-state index contributed by atoms with van der Waals surface area (Å²) in [7, 11) is 0. The van der Waals surface area contributed by atoms with Crippen LogP contribution < -0.4 is 16.4 Å². The molecule has 0 aliphatic carbocycles. The maximum Gasteiger partial charge on any atom is 0.319 e. The van der Waals surface area contributed by atoms with E-state index in [0.29, 0.717) is 26.3 Å². The lowest BCUT2D eigenvalue weighted by atomic mass is 10.2. The highest BCUT2D eigenvalue weighted by molar-refractivity contribution is 5.89. The first kappa shape index (κ1) is 13.5. The Morgan fingerprint density at radius 1 is 1.41 bits per heavy atom. The van der Waals surface area contributed by atoms with Gasteiger partial charge in [0.25, 0.3) is 0 Å². The van der Waals surface area contributed by atoms with Crippen molar-refractivity contribution in [1.82, 2.24) is 5.32 Å². The topological polar surface area (TPSA) is 76.4 Å². The van der Waals surface area contributed by atoms with Gasteiger partial charge in [0.15, 0.2) is 0 Å². The van der Waals surface area contributed by atoms with Crippen LogP contribution in [0, 0.1) is 6.92 Å². The quantitative estimate of drug-likeness (QED) is 0.648. The molecule has 4 N–H and O–H groups in total. The van der Waals surface area contributed by atoms with Gasteiger partial charge in [-0.25, -0.2) is 4.79 Å². The van der Waals surface area contributed by atoms with Gasteiger partial charge in [0.2, 0.25) is 0 Å². The van der Waals surface area contributed by atoms with Crippen molar-refractivity contribution in [1.29, 1.82) is 0 Å². The summed E-state index contributed by atoms with van der Waals surface area (Å²) < 4.78 is 5.14. The van der Waals surface area contributed by atoms with E-state index >= 15 is 0 Å². The first-order chi connectivity index (χ1) is 8.22. The number of hydrogen-bond donors (Lipinski definition) is 3. The molecule has 0 aromatic heterocycles. The Balaban J connectivity index is 2.21. The Labute approximate surface area is 101 Å². The number of anilines is 1. The van der Waals surface area contributed by atoms with Crippen LogP contribution in [0.15, 0.2) is 24.3 Å². The molecule has 0 aliphatic rings. The van der Waals surface area contributed by atoms with Gasteiger partial charge in [0.1, 0.15) is 0 Å². The molecule has 0 heterocycles. The summed E-state index contributed by atoms with van der Waals surface area (Å²) >= 11 is 0. The van der Waals surface area contributed by atoms with Crippen molar-refractivity contribution >= 4 is 11.7 Å². The van der Waals surface area contributed by atoms with E-state index in [2.05, 4.69) is 10.6 Å². The number of rotatable bonds is 6. The lowest BCUT2D eigenvalue weighted by Crippen LogP contribution is -2.31. The van der Waals surface area contributed by atoms with Crippen molar-refractivity contribution in [3.05, 3.63) is 29.8 Å². The van der Waals surface area contributed by atoms with Gasteiger partial charge in [0, 0.05) is 18.8 Å². The standard InChI is InChI=1S/C12H19N3O2/c1-10-3-2-4-11(9-10)15-12(16)14-6-8-17-7-5-13/h2-4,9H,5-8,13H2,1H3,(H2,14,15,16). The molecule has 1 aromatic carbocycles. The molecule has 2 amide bonds. The molecule has 0 unspecified atom stereocenters. The van der Waals surface area contributed by atoms with E-state index in [0.717, 1.165) is 11.3 Å². The molecule has 0 radical (unpaired) electrons. The van der Waals surface area contributed by atoms with Crippen LogP contribution in [0.25, 0.3) is 0 Å². The number of nitrogens with two attached hydrogens (primary N) is 1. The molecule has 0 spiro atoms. The van der Waals surface area contributed by atoms with Crippen molar-refractivity contribution < 1.29 is 9.53 Å². The van der Waals surface area contributed by atoms with Gasteiger partial charge in [0.05, 0.1) is 13.2 Å². The number of carbonyl (C=O) groups excluding carboxylic acids is 1. The zero-order valence-corrected chi connectivity index (χ0v) is 10.0. The van der Waals surface area contributed by atoms with Crippen molar-refractivity contribution in [3.63, 3.8) is 0 Å². The summed E-state index contributed by atoms with van der Waals surface area (Å²) in [4.78, 5) is 11.5. The van der Waals surface area contributed by atoms with Crippen LogP contribution in [-0.2, 0) is 4.74 Å². The first-order valence-electron chi connectivity index (χ1n) is 5.61. The predicted molar refractivity (Wildman–Crippen MR) is 68.1 cm³/mol. The van der Waals surface area contributed by atoms with E-state index < -0.39 is 0 Å². The average Bonchev–Trinajstić information content (AvgIpc) is 2.29. The van der Waals surface area contributed by atoms with Gasteiger partial charge in [-0.2, -0.15) is 0 Å². The van der Waals surface area contributed by atoms with Gasteiger partial charge in [-0.1, -0.05) is 12.1 Å². The largest absolute Gasteiger partial charge is 0.378 e. The lowest BCUT2D eigenvalue weighted by Gasteiger charge is -2.08. The van der Waals surface area contributed by atoms with Gasteiger partial charge >= 0.3 is 6.03 Å². The molecule has 1 aromatic rings. The zero-order chi connectivity index (χ0) is 12.5. The van der Waals surface area contributed by atoms with Gasteiger partial charge < -0.3 is 21.1 Å². The van der Waals surface area contributed by atoms with E-state index in [1.807, 2.05) is 31.2 Å². The average molecular weight is 237 g/mol. The number of ether oxygens (including phenoxy) is 1. The van der Waals surface area contributed by atoms with Crippen LogP contribution in [0.5, 0.6) is 0 Å². The van der Waals surface area contributed by atoms with Crippen molar-refractivity contribution in [2.75, 3.05) is 31.6 Å². The summed E-state index contributed by atoms with van der Waals surface area (Å²) in [5, 5.41) is 5.44. The Hall–Kier alpha value is -1.59. The Morgan fingerprint density at radius 2 is 2.24 bits per heavy atom. The molecule has 0 saturated heterocycles. The molecule has 17 heavy (non-hydrogen) atoms. The van der Waals surface area contributed by atoms with E-state index in [1.54, 1.807) is 0 Å². The Morgan fingerprint density at radius 3 is 2.94 bits per heavy atom. The fraction of sp³-hybridized carbons (Fsp3) is 0.417. The second-order valence-electron chi connectivity index (χ2n) is 3.65. The summed E-state index contributed by atoms with van der Waals surface area (Å²) in [6.45, 7) is 3.93. The summed E-state index contributed by atoms with van der Waals surface area (Å²) in [6, 6.07) is 7.40. The number of nitrogens with one attached hydrogen (secondary N) is 2. The highest BCUT2D eigenvalue weighted by Crippen LogP contribution is 2.08. The second kappa shape index (κ2) is 7.65. The fourth-order valence-corrected chi connectivity index (χ4v) is 1.32. The first-order valence-corrected chi connectivity index (χ1v) is 5.61. The van der Waals surface area contributed by atoms with Crippen molar-refractivity contribution in [3.8, 4) is 0 Å². The minimum Gasteiger partial charge on any atom is -0.378 e. The van der Waals surface area contributed by atoms with Crippen LogP contribution in [0.2, 0.25) is 0 Å². The molecule has 0 saturated carbocycles. The zero-order valence-electron chi connectivity index (χ0n) is 10.0. The second-order valence-corrected chi connectivity index (χ2v) is 3.65. The van der Waals surface area contributed by atoms with E-state index in [9.17, 15) is 4.79 Å². The third-order valence-electron chi connectivity index (χ3n) is 2.07. The maximum atomic E-state index is 11.5. The van der Waals surface area contributed by atoms with E-state index in [-0.39, 0.29) is 6.03 Å². The number of hydrogen-bond acceptors (Lipinski definition) is 3. The van der Waals surface area contributed by atoms with E-state index in [4.69, 9.17) is 10.5 Å². The molecular formula is C12H19N3O2.